The number of carbonyl (C=O) groups is 3. The number of carbonyl (C=O) groups excluding carboxylic acids is 2. The fraction of sp³-hybridized carbons (Fsp3) is 0.750. The Morgan fingerprint density at radius 3 is 2.56 bits per heavy atom. The van der Waals surface area contributed by atoms with Gasteiger partial charge in [-0.3, -0.25) is 14.4 Å². The van der Waals surface area contributed by atoms with Crippen molar-refractivity contribution < 1.29 is 19.5 Å². The second-order valence-corrected chi connectivity index (χ2v) is 4.78. The Morgan fingerprint density at radius 2 is 2.06 bits per heavy atom. The van der Waals surface area contributed by atoms with Crippen LogP contribution in [0.15, 0.2) is 0 Å². The van der Waals surface area contributed by atoms with E-state index in [2.05, 4.69) is 0 Å². The lowest BCUT2D eigenvalue weighted by Crippen LogP contribution is -2.48. The van der Waals surface area contributed by atoms with Crippen LogP contribution in [0.5, 0.6) is 0 Å². The van der Waals surface area contributed by atoms with Crippen LogP contribution in [0.4, 0.5) is 0 Å². The zero-order valence-corrected chi connectivity index (χ0v) is 10.9. The van der Waals surface area contributed by atoms with Gasteiger partial charge in [0.1, 0.15) is 6.54 Å². The third kappa shape index (κ3) is 4.01. The first-order valence-corrected chi connectivity index (χ1v) is 6.21. The minimum atomic E-state index is -1.04. The number of piperidine rings is 1. The van der Waals surface area contributed by atoms with Gasteiger partial charge in [0.15, 0.2) is 0 Å². The van der Waals surface area contributed by atoms with Crippen LogP contribution in [-0.2, 0) is 14.4 Å². The lowest BCUT2D eigenvalue weighted by Gasteiger charge is -2.30. The molecule has 0 aromatic carbocycles. The molecule has 6 heteroatoms. The summed E-state index contributed by atoms with van der Waals surface area (Å²) in [4.78, 5) is 37.1. The lowest BCUT2D eigenvalue weighted by molar-refractivity contribution is -0.148. The molecular weight excluding hydrogens is 236 g/mol. The van der Waals surface area contributed by atoms with Crippen molar-refractivity contribution in [1.82, 2.24) is 9.80 Å². The smallest absolute Gasteiger partial charge is 0.323 e. The monoisotopic (exact) mass is 256 g/mol. The number of hydrogen-bond acceptors (Lipinski definition) is 3. The molecule has 1 fully saturated rings. The molecule has 1 saturated heterocycles. The van der Waals surface area contributed by atoms with E-state index >= 15 is 0 Å². The number of amides is 2. The summed E-state index contributed by atoms with van der Waals surface area (Å²) in [5.74, 6) is -1.36. The van der Waals surface area contributed by atoms with Crippen molar-refractivity contribution in [1.29, 1.82) is 0 Å². The molecular formula is C12H20N2O4. The van der Waals surface area contributed by atoms with Crippen LogP contribution in [-0.4, -0.2) is 58.4 Å². The first-order chi connectivity index (χ1) is 8.41. The van der Waals surface area contributed by atoms with E-state index in [4.69, 9.17) is 5.11 Å². The molecule has 2 amide bonds. The third-order valence-electron chi connectivity index (χ3n) is 3.00. The van der Waals surface area contributed by atoms with E-state index in [1.807, 2.05) is 0 Å². The minimum absolute atomic E-state index is 0.00963. The van der Waals surface area contributed by atoms with Gasteiger partial charge in [0.2, 0.25) is 11.8 Å². The molecule has 6 nitrogen and oxygen atoms in total. The Kier molecular flexibility index (Phi) is 5.12. The van der Waals surface area contributed by atoms with Gasteiger partial charge in [0.25, 0.3) is 0 Å². The highest BCUT2D eigenvalue weighted by Crippen LogP contribution is 2.11. The van der Waals surface area contributed by atoms with Crippen LogP contribution < -0.4 is 0 Å². The molecule has 0 saturated carbocycles. The number of nitrogens with zero attached hydrogens (tertiary/aromatic N) is 2. The van der Waals surface area contributed by atoms with E-state index in [1.54, 1.807) is 13.8 Å². The lowest BCUT2D eigenvalue weighted by atomic mass is 10.1. The second kappa shape index (κ2) is 6.37. The molecule has 0 unspecified atom stereocenters. The predicted molar refractivity (Wildman–Crippen MR) is 64.9 cm³/mol. The first kappa shape index (κ1) is 14.5. The van der Waals surface area contributed by atoms with E-state index in [0.29, 0.717) is 13.0 Å². The van der Waals surface area contributed by atoms with E-state index in [9.17, 15) is 14.4 Å². The molecule has 0 aromatic heterocycles. The fourth-order valence-electron chi connectivity index (χ4n) is 1.99. The van der Waals surface area contributed by atoms with E-state index in [0.717, 1.165) is 12.8 Å². The average Bonchev–Trinajstić information content (AvgIpc) is 2.28. The molecule has 0 aliphatic carbocycles. The van der Waals surface area contributed by atoms with Gasteiger partial charge < -0.3 is 14.9 Å². The van der Waals surface area contributed by atoms with Crippen molar-refractivity contribution in [2.75, 3.05) is 19.6 Å². The normalized spacial score (nSPS) is 15.9. The summed E-state index contributed by atoms with van der Waals surface area (Å²) in [7, 11) is 0. The van der Waals surface area contributed by atoms with E-state index in [1.165, 1.54) is 9.80 Å². The van der Waals surface area contributed by atoms with Crippen LogP contribution in [0.1, 0.15) is 33.1 Å². The number of likely N-dealkylation sites (tertiary alicyclic amines) is 1. The van der Waals surface area contributed by atoms with Crippen LogP contribution in [0, 0.1) is 0 Å². The van der Waals surface area contributed by atoms with Crippen molar-refractivity contribution >= 4 is 17.8 Å². The summed E-state index contributed by atoms with van der Waals surface area (Å²) in [6.07, 6.45) is 2.25. The predicted octanol–water partition coefficient (Wildman–Crippen LogP) is 0.320. The molecule has 102 valence electrons. The Bertz CT molecular complexity index is 341. The highest BCUT2D eigenvalue weighted by molar-refractivity contribution is 5.87. The van der Waals surface area contributed by atoms with Gasteiger partial charge in [-0.05, 0) is 26.7 Å². The van der Waals surface area contributed by atoms with Crippen molar-refractivity contribution in [2.24, 2.45) is 0 Å². The van der Waals surface area contributed by atoms with Gasteiger partial charge in [-0.25, -0.2) is 0 Å². The Hall–Kier alpha value is -1.59. The van der Waals surface area contributed by atoms with Gasteiger partial charge in [-0.15, -0.1) is 0 Å². The van der Waals surface area contributed by atoms with Gasteiger partial charge in [-0.1, -0.05) is 0 Å². The Labute approximate surface area is 107 Å². The van der Waals surface area contributed by atoms with Gasteiger partial charge in [0, 0.05) is 19.0 Å². The summed E-state index contributed by atoms with van der Waals surface area (Å²) >= 11 is 0. The molecule has 1 rings (SSSR count). The summed E-state index contributed by atoms with van der Waals surface area (Å²) < 4.78 is 0. The van der Waals surface area contributed by atoms with E-state index < -0.39 is 5.97 Å². The summed E-state index contributed by atoms with van der Waals surface area (Å²) in [5, 5.41) is 8.77. The maximum atomic E-state index is 12.0. The topological polar surface area (TPSA) is 77.9 Å². The number of carboxylic acids is 1. The Morgan fingerprint density at radius 1 is 1.39 bits per heavy atom. The first-order valence-electron chi connectivity index (χ1n) is 6.21. The quantitative estimate of drug-likeness (QED) is 0.768. The number of aliphatic carboxylic acids is 1. The second-order valence-electron chi connectivity index (χ2n) is 4.78. The molecule has 0 spiro atoms. The fourth-order valence-corrected chi connectivity index (χ4v) is 1.99. The van der Waals surface area contributed by atoms with Gasteiger partial charge >= 0.3 is 5.97 Å². The largest absolute Gasteiger partial charge is 0.480 e. The summed E-state index contributed by atoms with van der Waals surface area (Å²) in [6.45, 7) is 3.78. The SMILES string of the molecule is CC(C)N(CC(=O)O)C(=O)CN1CCCCC1=O. The number of carboxylic acid groups (broad SMARTS) is 1. The molecule has 1 N–H and O–H groups in total. The number of hydrogen-bond donors (Lipinski definition) is 1. The molecule has 18 heavy (non-hydrogen) atoms. The maximum Gasteiger partial charge on any atom is 0.323 e. The molecule has 0 aromatic rings. The zero-order valence-electron chi connectivity index (χ0n) is 10.9. The minimum Gasteiger partial charge on any atom is -0.480 e. The standard InChI is InChI=1S/C12H20N2O4/c1-9(2)14(8-12(17)18)11(16)7-13-6-4-3-5-10(13)15/h9H,3-8H2,1-2H3,(H,17,18). The third-order valence-corrected chi connectivity index (χ3v) is 3.00. The number of rotatable bonds is 5. The van der Waals surface area contributed by atoms with Crippen molar-refractivity contribution in [3.8, 4) is 0 Å². The molecule has 1 aliphatic heterocycles. The molecule has 0 radical (unpaired) electrons. The van der Waals surface area contributed by atoms with Gasteiger partial charge in [0.05, 0.1) is 6.54 Å². The molecule has 0 atom stereocenters. The summed E-state index contributed by atoms with van der Waals surface area (Å²) in [5.41, 5.74) is 0. The van der Waals surface area contributed by atoms with Crippen LogP contribution in [0.25, 0.3) is 0 Å². The summed E-state index contributed by atoms with van der Waals surface area (Å²) in [6, 6.07) is -0.187. The highest BCUT2D eigenvalue weighted by atomic mass is 16.4. The van der Waals surface area contributed by atoms with Crippen molar-refractivity contribution in [3.05, 3.63) is 0 Å². The molecule has 1 heterocycles. The van der Waals surface area contributed by atoms with Crippen LogP contribution in [0.2, 0.25) is 0 Å². The van der Waals surface area contributed by atoms with E-state index in [-0.39, 0.29) is 30.9 Å². The van der Waals surface area contributed by atoms with Gasteiger partial charge in [-0.2, -0.15) is 0 Å². The zero-order chi connectivity index (χ0) is 13.7. The van der Waals surface area contributed by atoms with Crippen LogP contribution in [0.3, 0.4) is 0 Å². The van der Waals surface area contributed by atoms with Crippen LogP contribution >= 0.6 is 0 Å². The molecule has 1 aliphatic rings. The maximum absolute atomic E-state index is 12.0. The van der Waals surface area contributed by atoms with Crippen molar-refractivity contribution in [2.45, 2.75) is 39.2 Å². The highest BCUT2D eigenvalue weighted by Gasteiger charge is 2.25. The van der Waals surface area contributed by atoms with Crippen molar-refractivity contribution in [3.63, 3.8) is 0 Å². The Balaban J connectivity index is 2.60. The average molecular weight is 256 g/mol. The molecule has 0 bridgehead atoms.